The van der Waals surface area contributed by atoms with Crippen molar-refractivity contribution in [2.24, 2.45) is 28.4 Å². The topological polar surface area (TPSA) is 186 Å². The van der Waals surface area contributed by atoms with Crippen LogP contribution in [0.15, 0.2) is 12.3 Å². The summed E-state index contributed by atoms with van der Waals surface area (Å²) in [6, 6.07) is -4.88. The largest absolute Gasteiger partial charge is 0.430 e. The number of nitrogens with two attached hydrogens (primary N) is 1. The van der Waals surface area contributed by atoms with E-state index < -0.39 is 82.2 Å². The summed E-state index contributed by atoms with van der Waals surface area (Å²) in [7, 11) is 0. The summed E-state index contributed by atoms with van der Waals surface area (Å²) < 4.78 is 11.5. The number of carbonyl (C=O) groups excluding carboxylic acids is 6. The maximum Gasteiger partial charge on any atom is 0.334 e. The molecule has 4 rings (SSSR count). The van der Waals surface area contributed by atoms with Gasteiger partial charge in [-0.05, 0) is 63.2 Å². The lowest BCUT2D eigenvalue weighted by Gasteiger charge is -2.43. The molecule has 48 heavy (non-hydrogen) atoms. The highest BCUT2D eigenvalue weighted by molar-refractivity contribution is 6.37. The maximum atomic E-state index is 14.8. The average molecular weight is 674 g/mol. The normalized spacial score (nSPS) is 26.3. The van der Waals surface area contributed by atoms with Crippen molar-refractivity contribution in [1.29, 1.82) is 0 Å². The molecule has 2 aliphatic carbocycles. The number of nitrogens with zero attached hydrogens (tertiary/aromatic N) is 1. The summed E-state index contributed by atoms with van der Waals surface area (Å²) in [5.41, 5.74) is 3.44. The molecule has 1 unspecified atom stereocenters. The van der Waals surface area contributed by atoms with Crippen molar-refractivity contribution in [3.8, 4) is 0 Å². The number of hydrogen-bond donors (Lipinski definition) is 4. The lowest BCUT2D eigenvalue weighted by Crippen LogP contribution is -2.63. The SMILES string of the molecule is C=C(C)OC(=O)[C@@H](NC(=O)N[C@H](C(=O)N1C[C@@H]2OC(C)(C)C[C@@H]2[C@H]1C(=O)NC(CC1CC1)C(=O)C(N)=O)C1(C)CCCCC1)C(C)(C)C. The molecule has 0 spiro atoms. The number of primary amides is 1. The smallest absolute Gasteiger partial charge is 0.334 e. The van der Waals surface area contributed by atoms with Gasteiger partial charge in [-0.25, -0.2) is 9.59 Å². The Morgan fingerprint density at radius 3 is 2.17 bits per heavy atom. The number of Topliss-reactive ketones (excluding diaryl/α,β-unsaturated/α-hetero) is 1. The van der Waals surface area contributed by atoms with E-state index in [1.54, 1.807) is 20.8 Å². The van der Waals surface area contributed by atoms with Gasteiger partial charge in [-0.3, -0.25) is 19.2 Å². The second kappa shape index (κ2) is 14.2. The quantitative estimate of drug-likeness (QED) is 0.138. The molecular formula is C35H55N5O8. The fraction of sp³-hybridized carbons (Fsp3) is 0.771. The highest BCUT2D eigenvalue weighted by atomic mass is 16.5. The van der Waals surface area contributed by atoms with Gasteiger partial charge in [0.2, 0.25) is 17.6 Å². The summed E-state index contributed by atoms with van der Waals surface area (Å²) in [5, 5.41) is 8.41. The molecule has 0 aromatic carbocycles. The van der Waals surface area contributed by atoms with Crippen molar-refractivity contribution in [2.75, 3.05) is 6.54 Å². The number of ketones is 1. The van der Waals surface area contributed by atoms with Gasteiger partial charge >= 0.3 is 12.0 Å². The number of hydrogen-bond acceptors (Lipinski definition) is 8. The number of likely N-dealkylation sites (tertiary alicyclic amines) is 1. The van der Waals surface area contributed by atoms with Crippen molar-refractivity contribution >= 4 is 35.5 Å². The Hall–Kier alpha value is -3.48. The molecule has 0 bridgehead atoms. The monoisotopic (exact) mass is 673 g/mol. The van der Waals surface area contributed by atoms with E-state index in [4.69, 9.17) is 15.2 Å². The number of fused-ring (bicyclic) bond motifs is 1. The number of ether oxygens (including phenoxy) is 2. The first kappa shape index (κ1) is 37.3. The third-order valence-corrected chi connectivity index (χ3v) is 10.4. The number of rotatable bonds is 12. The zero-order valence-corrected chi connectivity index (χ0v) is 29.6. The van der Waals surface area contributed by atoms with Crippen LogP contribution in [-0.4, -0.2) is 82.8 Å². The van der Waals surface area contributed by atoms with Crippen molar-refractivity contribution < 1.29 is 38.2 Å². The molecule has 0 aromatic heterocycles. The van der Waals surface area contributed by atoms with Crippen molar-refractivity contribution in [3.63, 3.8) is 0 Å². The molecule has 268 valence electrons. The van der Waals surface area contributed by atoms with Crippen LogP contribution < -0.4 is 21.7 Å². The zero-order valence-electron chi connectivity index (χ0n) is 29.6. The van der Waals surface area contributed by atoms with Gasteiger partial charge in [-0.1, -0.05) is 66.4 Å². The first-order chi connectivity index (χ1) is 22.2. The molecule has 0 aromatic rings. The second-order valence-electron chi connectivity index (χ2n) is 16.4. The van der Waals surface area contributed by atoms with Gasteiger partial charge in [0.05, 0.1) is 23.5 Å². The Bertz CT molecular complexity index is 1310. The van der Waals surface area contributed by atoms with E-state index >= 15 is 0 Å². The minimum Gasteiger partial charge on any atom is -0.430 e. The zero-order chi connectivity index (χ0) is 35.8. The Balaban J connectivity index is 1.64. The second-order valence-corrected chi connectivity index (χ2v) is 16.4. The van der Waals surface area contributed by atoms with E-state index in [1.165, 1.54) is 11.8 Å². The van der Waals surface area contributed by atoms with Gasteiger partial charge in [0.25, 0.3) is 5.91 Å². The third-order valence-electron chi connectivity index (χ3n) is 10.4. The van der Waals surface area contributed by atoms with Crippen LogP contribution in [0, 0.1) is 22.7 Å². The third kappa shape index (κ3) is 8.75. The van der Waals surface area contributed by atoms with E-state index in [0.29, 0.717) is 25.7 Å². The van der Waals surface area contributed by atoms with E-state index in [9.17, 15) is 28.8 Å². The Morgan fingerprint density at radius 1 is 1.00 bits per heavy atom. The highest BCUT2D eigenvalue weighted by Crippen LogP contribution is 2.45. The minimum absolute atomic E-state index is 0.119. The van der Waals surface area contributed by atoms with Gasteiger partial charge < -0.3 is 36.1 Å². The summed E-state index contributed by atoms with van der Waals surface area (Å²) >= 11 is 0. The van der Waals surface area contributed by atoms with E-state index in [0.717, 1.165) is 32.1 Å². The summed E-state index contributed by atoms with van der Waals surface area (Å²) in [6.07, 6.45) is 6.21. The fourth-order valence-corrected chi connectivity index (χ4v) is 7.69. The predicted molar refractivity (Wildman–Crippen MR) is 177 cm³/mol. The van der Waals surface area contributed by atoms with Gasteiger partial charge in [-0.2, -0.15) is 0 Å². The number of nitrogens with one attached hydrogen (secondary N) is 3. The molecule has 2 saturated heterocycles. The molecule has 4 fully saturated rings. The molecule has 13 nitrogen and oxygen atoms in total. The molecule has 2 heterocycles. The first-order valence-corrected chi connectivity index (χ1v) is 17.3. The molecule has 0 radical (unpaired) electrons. The Kier molecular flexibility index (Phi) is 11.0. The van der Waals surface area contributed by atoms with Crippen LogP contribution in [0.4, 0.5) is 4.79 Å². The Labute approximate surface area is 283 Å². The molecule has 4 aliphatic rings. The predicted octanol–water partition coefficient (Wildman–Crippen LogP) is 2.85. The highest BCUT2D eigenvalue weighted by Gasteiger charge is 2.57. The van der Waals surface area contributed by atoms with E-state index in [-0.39, 0.29) is 24.1 Å². The molecular weight excluding hydrogens is 618 g/mol. The summed E-state index contributed by atoms with van der Waals surface area (Å²) in [4.78, 5) is 81.7. The van der Waals surface area contributed by atoms with Gasteiger partial charge in [-0.15, -0.1) is 0 Å². The summed E-state index contributed by atoms with van der Waals surface area (Å²) in [6.45, 7) is 16.5. The molecule has 6 atom stereocenters. The molecule has 2 aliphatic heterocycles. The summed E-state index contributed by atoms with van der Waals surface area (Å²) in [5.74, 6) is -3.63. The number of carbonyl (C=O) groups is 6. The Morgan fingerprint density at radius 2 is 1.62 bits per heavy atom. The van der Waals surface area contributed by atoms with Crippen LogP contribution in [0.5, 0.6) is 0 Å². The number of amides is 5. The van der Waals surface area contributed by atoms with Crippen LogP contribution in [0.2, 0.25) is 0 Å². The maximum absolute atomic E-state index is 14.8. The van der Waals surface area contributed by atoms with Crippen LogP contribution >= 0.6 is 0 Å². The van der Waals surface area contributed by atoms with Crippen LogP contribution in [0.25, 0.3) is 0 Å². The molecule has 5 N–H and O–H groups in total. The number of urea groups is 1. The standard InChI is InChI=1S/C35H55N5O8/c1-19(2)47-31(45)27(33(3,4)5)39-32(46)38-26(35(8)14-10-9-11-15-35)30(44)40-18-23-21(17-34(6,7)48-23)24(40)29(43)37-22(16-20-12-13-20)25(41)28(36)42/h20-24,26-27H,1,9-18H2,2-8H3,(H2,36,42)(H,37,43)(H2,38,39,46)/t21-,22?,23-,24-,26+,27+/m0/s1. The van der Waals surface area contributed by atoms with Crippen molar-refractivity contribution in [1.82, 2.24) is 20.9 Å². The van der Waals surface area contributed by atoms with Crippen molar-refractivity contribution in [3.05, 3.63) is 12.3 Å². The lowest BCUT2D eigenvalue weighted by atomic mass is 9.70. The lowest BCUT2D eigenvalue weighted by molar-refractivity contribution is -0.145. The van der Waals surface area contributed by atoms with Crippen LogP contribution in [0.3, 0.4) is 0 Å². The van der Waals surface area contributed by atoms with Crippen LogP contribution in [0.1, 0.15) is 106 Å². The molecule has 2 saturated carbocycles. The van der Waals surface area contributed by atoms with Crippen LogP contribution in [-0.2, 0) is 33.4 Å². The average Bonchev–Trinajstić information content (AvgIpc) is 3.65. The van der Waals surface area contributed by atoms with E-state index in [1.807, 2.05) is 20.8 Å². The minimum atomic E-state index is -1.12. The number of allylic oxidation sites excluding steroid dienone is 1. The number of esters is 1. The molecule has 13 heteroatoms. The van der Waals surface area contributed by atoms with Gasteiger partial charge in [0.1, 0.15) is 18.1 Å². The van der Waals surface area contributed by atoms with Gasteiger partial charge in [0.15, 0.2) is 0 Å². The molecule has 5 amide bonds. The first-order valence-electron chi connectivity index (χ1n) is 17.3. The van der Waals surface area contributed by atoms with Crippen molar-refractivity contribution in [2.45, 2.75) is 142 Å². The van der Waals surface area contributed by atoms with E-state index in [2.05, 4.69) is 22.5 Å². The fourth-order valence-electron chi connectivity index (χ4n) is 7.69. The van der Waals surface area contributed by atoms with Gasteiger partial charge in [0, 0.05) is 12.5 Å².